The van der Waals surface area contributed by atoms with Crippen LogP contribution in [0.4, 0.5) is 17.2 Å². The van der Waals surface area contributed by atoms with E-state index in [2.05, 4.69) is 20.3 Å². The van der Waals surface area contributed by atoms with Gasteiger partial charge in [0.25, 0.3) is 5.91 Å². The number of hydrogen-bond donors (Lipinski definition) is 2. The number of hydrogen-bond acceptors (Lipinski definition) is 7. The number of aromatic nitrogens is 3. The zero-order chi connectivity index (χ0) is 19.5. The van der Waals surface area contributed by atoms with Crippen LogP contribution in [0.2, 0.25) is 0 Å². The van der Waals surface area contributed by atoms with Crippen LogP contribution < -0.4 is 16.0 Å². The lowest BCUT2D eigenvalue weighted by atomic mass is 10.1. The second-order valence-electron chi connectivity index (χ2n) is 6.51. The molecule has 0 unspecified atom stereocenters. The number of benzene rings is 1. The van der Waals surface area contributed by atoms with E-state index < -0.39 is 5.91 Å². The molecular formula is C20H20N6O2. The summed E-state index contributed by atoms with van der Waals surface area (Å²) in [7, 11) is 1.93. The quantitative estimate of drug-likeness (QED) is 0.620. The number of fused-ring (bicyclic) bond motifs is 6. The Bertz CT molecular complexity index is 1020. The SMILES string of the molecule is CN1CCOCc2cccc(c2)-c2cnc(N)c(n2)C(=O)Nc2cnccc21. The molecule has 0 spiro atoms. The summed E-state index contributed by atoms with van der Waals surface area (Å²) >= 11 is 0. The molecule has 0 atom stereocenters. The zero-order valence-corrected chi connectivity index (χ0v) is 15.4. The topological polar surface area (TPSA) is 106 Å². The van der Waals surface area contributed by atoms with E-state index in [4.69, 9.17) is 10.5 Å². The summed E-state index contributed by atoms with van der Waals surface area (Å²) in [4.78, 5) is 27.6. The van der Waals surface area contributed by atoms with E-state index >= 15 is 0 Å². The standard InChI is InChI=1S/C20H20N6O2/c1-26-7-8-28-12-13-3-2-4-14(9-13)15-11-23-19(21)18(24-15)20(27)25-16-10-22-6-5-17(16)26/h2-6,9-11H,7-8,12H2,1H3,(H2,21,23)(H,25,27). The molecule has 1 aliphatic rings. The Morgan fingerprint density at radius 1 is 1.25 bits per heavy atom. The van der Waals surface area contributed by atoms with E-state index in [0.717, 1.165) is 16.8 Å². The summed E-state index contributed by atoms with van der Waals surface area (Å²) in [6, 6.07) is 9.64. The lowest BCUT2D eigenvalue weighted by Crippen LogP contribution is -2.25. The van der Waals surface area contributed by atoms with Crippen molar-refractivity contribution in [2.24, 2.45) is 0 Å². The number of likely N-dealkylation sites (N-methyl/N-ethyl adjacent to an activating group) is 1. The van der Waals surface area contributed by atoms with Crippen molar-refractivity contribution in [1.29, 1.82) is 0 Å². The number of amides is 1. The Kier molecular flexibility index (Phi) is 4.86. The molecule has 0 aliphatic carbocycles. The minimum atomic E-state index is -0.434. The first-order valence-electron chi connectivity index (χ1n) is 8.88. The van der Waals surface area contributed by atoms with Crippen LogP contribution in [0.5, 0.6) is 0 Å². The van der Waals surface area contributed by atoms with Crippen molar-refractivity contribution in [3.63, 3.8) is 0 Å². The molecule has 28 heavy (non-hydrogen) atoms. The number of carbonyl (C=O) groups excluding carboxylic acids is 1. The average Bonchev–Trinajstić information content (AvgIpc) is 2.71. The van der Waals surface area contributed by atoms with Gasteiger partial charge in [0.05, 0.1) is 42.7 Å². The maximum Gasteiger partial charge on any atom is 0.278 e. The molecule has 0 fully saturated rings. The molecule has 4 rings (SSSR count). The van der Waals surface area contributed by atoms with Gasteiger partial charge in [-0.1, -0.05) is 18.2 Å². The smallest absolute Gasteiger partial charge is 0.278 e. The predicted octanol–water partition coefficient (Wildman–Crippen LogP) is 2.34. The second-order valence-corrected chi connectivity index (χ2v) is 6.51. The zero-order valence-electron chi connectivity index (χ0n) is 15.4. The summed E-state index contributed by atoms with van der Waals surface area (Å²) in [5, 5.41) is 2.85. The van der Waals surface area contributed by atoms with E-state index in [1.165, 1.54) is 0 Å². The maximum atomic E-state index is 12.9. The number of ether oxygens (including phenoxy) is 1. The Balaban J connectivity index is 1.79. The summed E-state index contributed by atoms with van der Waals surface area (Å²) in [5.41, 5.74) is 9.83. The highest BCUT2D eigenvalue weighted by atomic mass is 16.5. The lowest BCUT2D eigenvalue weighted by molar-refractivity contribution is 0.102. The number of nitrogens with zero attached hydrogens (tertiary/aromatic N) is 4. The highest BCUT2D eigenvalue weighted by Crippen LogP contribution is 2.25. The molecule has 4 bridgehead atoms. The van der Waals surface area contributed by atoms with E-state index in [9.17, 15) is 4.79 Å². The molecule has 8 heteroatoms. The third-order valence-electron chi connectivity index (χ3n) is 4.54. The van der Waals surface area contributed by atoms with Crippen molar-refractivity contribution in [3.05, 3.63) is 60.2 Å². The molecule has 1 aliphatic heterocycles. The van der Waals surface area contributed by atoms with Crippen LogP contribution in [0.15, 0.2) is 48.9 Å². The fourth-order valence-electron chi connectivity index (χ4n) is 3.03. The fourth-order valence-corrected chi connectivity index (χ4v) is 3.03. The van der Waals surface area contributed by atoms with Crippen LogP contribution in [0.3, 0.4) is 0 Å². The van der Waals surface area contributed by atoms with Crippen LogP contribution in [-0.4, -0.2) is 41.1 Å². The Morgan fingerprint density at radius 2 is 2.14 bits per heavy atom. The average molecular weight is 376 g/mol. The number of pyridine rings is 1. The number of carbonyl (C=O) groups is 1. The van der Waals surface area contributed by atoms with Crippen molar-refractivity contribution < 1.29 is 9.53 Å². The van der Waals surface area contributed by atoms with Crippen LogP contribution >= 0.6 is 0 Å². The number of nitrogens with two attached hydrogens (primary N) is 1. The lowest BCUT2D eigenvalue weighted by Gasteiger charge is -2.22. The molecule has 3 N–H and O–H groups in total. The predicted molar refractivity (Wildman–Crippen MR) is 107 cm³/mol. The van der Waals surface area contributed by atoms with Gasteiger partial charge >= 0.3 is 0 Å². The first-order valence-corrected chi connectivity index (χ1v) is 8.88. The minimum absolute atomic E-state index is 0.0730. The van der Waals surface area contributed by atoms with Crippen molar-refractivity contribution in [1.82, 2.24) is 15.0 Å². The normalized spacial score (nSPS) is 14.5. The second kappa shape index (κ2) is 7.61. The maximum absolute atomic E-state index is 12.9. The fraction of sp³-hybridized carbons (Fsp3) is 0.200. The Morgan fingerprint density at radius 3 is 3.04 bits per heavy atom. The van der Waals surface area contributed by atoms with E-state index in [1.54, 1.807) is 18.6 Å². The van der Waals surface area contributed by atoms with Gasteiger partial charge in [0.15, 0.2) is 11.5 Å². The van der Waals surface area contributed by atoms with Crippen molar-refractivity contribution in [3.8, 4) is 11.3 Å². The molecule has 1 aromatic carbocycles. The number of nitrogen functional groups attached to an aromatic ring is 1. The minimum Gasteiger partial charge on any atom is -0.382 e. The van der Waals surface area contributed by atoms with Crippen molar-refractivity contribution in [2.45, 2.75) is 6.61 Å². The van der Waals surface area contributed by atoms with Gasteiger partial charge < -0.3 is 20.7 Å². The van der Waals surface area contributed by atoms with Crippen molar-refractivity contribution in [2.75, 3.05) is 36.1 Å². The largest absolute Gasteiger partial charge is 0.382 e. The molecule has 3 aromatic rings. The number of anilines is 3. The van der Waals surface area contributed by atoms with Gasteiger partial charge in [0, 0.05) is 25.4 Å². The highest BCUT2D eigenvalue weighted by Gasteiger charge is 2.18. The Hall–Kier alpha value is -3.52. The van der Waals surface area contributed by atoms with Gasteiger partial charge in [-0.05, 0) is 17.7 Å². The van der Waals surface area contributed by atoms with Crippen LogP contribution in [0.1, 0.15) is 16.1 Å². The monoisotopic (exact) mass is 376 g/mol. The highest BCUT2D eigenvalue weighted by molar-refractivity contribution is 6.07. The first-order chi connectivity index (χ1) is 13.6. The molecular weight excluding hydrogens is 356 g/mol. The van der Waals surface area contributed by atoms with Crippen LogP contribution in [0.25, 0.3) is 11.3 Å². The number of rotatable bonds is 0. The van der Waals surface area contributed by atoms with E-state index in [-0.39, 0.29) is 11.5 Å². The molecule has 0 saturated heterocycles. The third kappa shape index (κ3) is 3.63. The van der Waals surface area contributed by atoms with E-state index in [0.29, 0.717) is 31.1 Å². The summed E-state index contributed by atoms with van der Waals surface area (Å²) in [6.07, 6.45) is 4.84. The van der Waals surface area contributed by atoms with Gasteiger partial charge in [0.1, 0.15) is 0 Å². The third-order valence-corrected chi connectivity index (χ3v) is 4.54. The number of nitrogens with one attached hydrogen (secondary N) is 1. The summed E-state index contributed by atoms with van der Waals surface area (Å²) < 4.78 is 5.83. The van der Waals surface area contributed by atoms with Crippen LogP contribution in [-0.2, 0) is 11.3 Å². The van der Waals surface area contributed by atoms with Gasteiger partial charge in [-0.3, -0.25) is 9.78 Å². The molecule has 0 radical (unpaired) electrons. The van der Waals surface area contributed by atoms with Crippen LogP contribution in [0, 0.1) is 0 Å². The van der Waals surface area contributed by atoms with Gasteiger partial charge in [-0.2, -0.15) is 0 Å². The molecule has 8 nitrogen and oxygen atoms in total. The Labute approximate surface area is 162 Å². The molecule has 2 aromatic heterocycles. The first kappa shape index (κ1) is 17.9. The van der Waals surface area contributed by atoms with Crippen molar-refractivity contribution >= 4 is 23.1 Å². The molecule has 142 valence electrons. The molecule has 3 heterocycles. The molecule has 1 amide bonds. The van der Waals surface area contributed by atoms with Gasteiger partial charge in [0.2, 0.25) is 0 Å². The van der Waals surface area contributed by atoms with Gasteiger partial charge in [-0.15, -0.1) is 0 Å². The van der Waals surface area contributed by atoms with E-state index in [1.807, 2.05) is 42.3 Å². The summed E-state index contributed by atoms with van der Waals surface area (Å²) in [6.45, 7) is 1.68. The summed E-state index contributed by atoms with van der Waals surface area (Å²) in [5.74, 6) is -0.361. The van der Waals surface area contributed by atoms with Gasteiger partial charge in [-0.25, -0.2) is 9.97 Å². The molecule has 0 saturated carbocycles.